The number of aliphatic imine (C=N–C) groups is 1. The summed E-state index contributed by atoms with van der Waals surface area (Å²) >= 11 is 1.39. The summed E-state index contributed by atoms with van der Waals surface area (Å²) in [6.45, 7) is 5.87. The van der Waals surface area contributed by atoms with Gasteiger partial charge in [0.1, 0.15) is 5.25 Å². The first-order valence-corrected chi connectivity index (χ1v) is 13.4. The molecule has 0 saturated carbocycles. The number of amidine groups is 1. The summed E-state index contributed by atoms with van der Waals surface area (Å²) in [6.07, 6.45) is 8.48. The van der Waals surface area contributed by atoms with E-state index in [4.69, 9.17) is 0 Å². The lowest BCUT2D eigenvalue weighted by molar-refractivity contribution is -0.121. The highest BCUT2D eigenvalue weighted by Crippen LogP contribution is 2.29. The number of rotatable bonds is 8. The number of likely N-dealkylation sites (tertiary alicyclic amines) is 2. The van der Waals surface area contributed by atoms with Crippen LogP contribution in [-0.4, -0.2) is 77.2 Å². The highest BCUT2D eigenvalue weighted by molar-refractivity contribution is 8.15. The molecule has 3 heterocycles. The van der Waals surface area contributed by atoms with E-state index in [9.17, 15) is 14.4 Å². The van der Waals surface area contributed by atoms with Gasteiger partial charge in [0.2, 0.25) is 5.91 Å². The normalized spacial score (nSPS) is 21.3. The Morgan fingerprint density at radius 1 is 0.971 bits per heavy atom. The minimum absolute atomic E-state index is 0.0869. The number of amides is 3. The summed E-state index contributed by atoms with van der Waals surface area (Å²) in [6, 6.07) is 6.87. The zero-order valence-corrected chi connectivity index (χ0v) is 20.6. The van der Waals surface area contributed by atoms with Gasteiger partial charge in [-0.15, -0.1) is 0 Å². The van der Waals surface area contributed by atoms with Gasteiger partial charge in [-0.05, 0) is 76.0 Å². The second-order valence-corrected chi connectivity index (χ2v) is 10.4. The van der Waals surface area contributed by atoms with Gasteiger partial charge in [-0.1, -0.05) is 24.6 Å². The molecule has 8 nitrogen and oxygen atoms in total. The van der Waals surface area contributed by atoms with E-state index in [-0.39, 0.29) is 24.1 Å². The standard InChI is InChI=1S/C25H35N5O3S/c31-22(18-21-24(33)28-25(34-21)30-16-5-6-17-30)27-20-10-8-19(9-11-20)23(32)26-12-7-15-29-13-3-1-2-4-14-29/h8-11,21H,1-7,12-18H2,(H,26,32)(H,27,31). The molecule has 3 amide bonds. The van der Waals surface area contributed by atoms with Crippen molar-refractivity contribution in [3.05, 3.63) is 29.8 Å². The molecule has 2 fully saturated rings. The lowest BCUT2D eigenvalue weighted by Gasteiger charge is -2.19. The van der Waals surface area contributed by atoms with Gasteiger partial charge >= 0.3 is 0 Å². The van der Waals surface area contributed by atoms with Gasteiger partial charge in [-0.2, -0.15) is 4.99 Å². The van der Waals surface area contributed by atoms with Crippen molar-refractivity contribution in [3.63, 3.8) is 0 Å². The number of carbonyl (C=O) groups is 3. The molecule has 1 aromatic carbocycles. The molecule has 2 saturated heterocycles. The summed E-state index contributed by atoms with van der Waals surface area (Å²) in [4.78, 5) is 45.8. The first-order valence-electron chi connectivity index (χ1n) is 12.5. The highest BCUT2D eigenvalue weighted by atomic mass is 32.2. The third-order valence-corrected chi connectivity index (χ3v) is 7.76. The van der Waals surface area contributed by atoms with Gasteiger partial charge in [-0.3, -0.25) is 14.4 Å². The molecule has 1 atom stereocenters. The van der Waals surface area contributed by atoms with Crippen LogP contribution in [0.4, 0.5) is 5.69 Å². The first kappa shape index (κ1) is 24.7. The van der Waals surface area contributed by atoms with Gasteiger partial charge in [0, 0.05) is 37.3 Å². The Morgan fingerprint density at radius 2 is 1.65 bits per heavy atom. The second kappa shape index (κ2) is 12.4. The van der Waals surface area contributed by atoms with E-state index < -0.39 is 5.25 Å². The third-order valence-electron chi connectivity index (χ3n) is 6.54. The topological polar surface area (TPSA) is 94.1 Å². The number of thioether (sulfide) groups is 1. The van der Waals surface area contributed by atoms with Gasteiger partial charge < -0.3 is 20.4 Å². The quantitative estimate of drug-likeness (QED) is 0.550. The minimum Gasteiger partial charge on any atom is -0.352 e. The zero-order chi connectivity index (χ0) is 23.8. The largest absolute Gasteiger partial charge is 0.352 e. The van der Waals surface area contributed by atoms with Gasteiger partial charge in [-0.25, -0.2) is 0 Å². The Bertz CT molecular complexity index is 890. The number of nitrogens with one attached hydrogen (secondary N) is 2. The fourth-order valence-corrected chi connectivity index (χ4v) is 5.72. The van der Waals surface area contributed by atoms with Crippen molar-refractivity contribution in [2.75, 3.05) is 44.6 Å². The van der Waals surface area contributed by atoms with Crippen molar-refractivity contribution in [3.8, 4) is 0 Å². The zero-order valence-electron chi connectivity index (χ0n) is 19.8. The van der Waals surface area contributed by atoms with E-state index in [1.807, 2.05) is 0 Å². The maximum absolute atomic E-state index is 12.5. The van der Waals surface area contributed by atoms with Crippen LogP contribution in [0.3, 0.4) is 0 Å². The molecule has 3 aliphatic heterocycles. The van der Waals surface area contributed by atoms with Crippen LogP contribution in [0.5, 0.6) is 0 Å². The molecule has 2 N–H and O–H groups in total. The molecule has 0 radical (unpaired) electrons. The summed E-state index contributed by atoms with van der Waals surface area (Å²) in [5.41, 5.74) is 1.18. The molecule has 184 valence electrons. The Kier molecular flexibility index (Phi) is 8.98. The van der Waals surface area contributed by atoms with Gasteiger partial charge in [0.05, 0.1) is 0 Å². The number of anilines is 1. The maximum Gasteiger partial charge on any atom is 0.262 e. The molecule has 9 heteroatoms. The molecule has 1 aromatic rings. The number of nitrogens with zero attached hydrogens (tertiary/aromatic N) is 3. The smallest absolute Gasteiger partial charge is 0.262 e. The highest BCUT2D eigenvalue weighted by Gasteiger charge is 2.33. The van der Waals surface area contributed by atoms with E-state index in [1.54, 1.807) is 24.3 Å². The Balaban J connectivity index is 1.16. The van der Waals surface area contributed by atoms with Crippen LogP contribution >= 0.6 is 11.8 Å². The van der Waals surface area contributed by atoms with Crippen molar-refractivity contribution in [2.24, 2.45) is 4.99 Å². The first-order chi connectivity index (χ1) is 16.6. The van der Waals surface area contributed by atoms with Crippen molar-refractivity contribution in [2.45, 2.75) is 56.6 Å². The Morgan fingerprint density at radius 3 is 2.35 bits per heavy atom. The van der Waals surface area contributed by atoms with Gasteiger partial charge in [0.25, 0.3) is 11.8 Å². The van der Waals surface area contributed by atoms with Crippen molar-refractivity contribution in [1.29, 1.82) is 0 Å². The van der Waals surface area contributed by atoms with Crippen LogP contribution in [0, 0.1) is 0 Å². The minimum atomic E-state index is -0.463. The molecule has 4 rings (SSSR count). The lowest BCUT2D eigenvalue weighted by Crippen LogP contribution is -2.30. The van der Waals surface area contributed by atoms with Crippen molar-refractivity contribution < 1.29 is 14.4 Å². The summed E-state index contributed by atoms with van der Waals surface area (Å²) in [5.74, 6) is -0.562. The van der Waals surface area contributed by atoms with Gasteiger partial charge in [0.15, 0.2) is 5.17 Å². The van der Waals surface area contributed by atoms with Crippen LogP contribution < -0.4 is 10.6 Å². The number of hydrogen-bond donors (Lipinski definition) is 2. The molecule has 0 aromatic heterocycles. The Labute approximate surface area is 205 Å². The van der Waals surface area contributed by atoms with Crippen molar-refractivity contribution >= 4 is 40.3 Å². The SMILES string of the molecule is O=C(CC1SC(N2CCCC2)=NC1=O)Nc1ccc(C(=O)NCCCN2CCCCCC2)cc1. The van der Waals surface area contributed by atoms with E-state index in [0.29, 0.717) is 17.8 Å². The van der Waals surface area contributed by atoms with Crippen LogP contribution in [0.1, 0.15) is 61.7 Å². The molecule has 0 spiro atoms. The molecule has 0 aliphatic carbocycles. The number of carbonyl (C=O) groups excluding carboxylic acids is 3. The molecule has 1 unspecified atom stereocenters. The molecular formula is C25H35N5O3S. The summed E-state index contributed by atoms with van der Waals surface area (Å²) in [5, 5.41) is 6.10. The average molecular weight is 486 g/mol. The predicted octanol–water partition coefficient (Wildman–Crippen LogP) is 3.10. The molecule has 0 bridgehead atoms. The van der Waals surface area contributed by atoms with Crippen LogP contribution in [0.15, 0.2) is 29.3 Å². The summed E-state index contributed by atoms with van der Waals surface area (Å²) < 4.78 is 0. The van der Waals surface area contributed by atoms with E-state index >= 15 is 0 Å². The molecule has 3 aliphatic rings. The average Bonchev–Trinajstić information content (AvgIpc) is 3.41. The van der Waals surface area contributed by atoms with Crippen molar-refractivity contribution in [1.82, 2.24) is 15.1 Å². The van der Waals surface area contributed by atoms with Crippen LogP contribution in [-0.2, 0) is 9.59 Å². The molecular weight excluding hydrogens is 450 g/mol. The number of benzene rings is 1. The third kappa shape index (κ3) is 7.06. The monoisotopic (exact) mass is 485 g/mol. The second-order valence-electron chi connectivity index (χ2n) is 9.23. The lowest BCUT2D eigenvalue weighted by atomic mass is 10.2. The van der Waals surface area contributed by atoms with E-state index in [1.165, 1.54) is 50.5 Å². The maximum atomic E-state index is 12.5. The van der Waals surface area contributed by atoms with E-state index in [0.717, 1.165) is 44.1 Å². The Hall–Kier alpha value is -2.39. The predicted molar refractivity (Wildman–Crippen MR) is 136 cm³/mol. The molecule has 34 heavy (non-hydrogen) atoms. The fraction of sp³-hybridized carbons (Fsp3) is 0.600. The van der Waals surface area contributed by atoms with Crippen LogP contribution in [0.2, 0.25) is 0 Å². The fourth-order valence-electron chi connectivity index (χ4n) is 4.60. The number of hydrogen-bond acceptors (Lipinski definition) is 6. The summed E-state index contributed by atoms with van der Waals surface area (Å²) in [7, 11) is 0. The van der Waals surface area contributed by atoms with Crippen LogP contribution in [0.25, 0.3) is 0 Å². The van der Waals surface area contributed by atoms with E-state index in [2.05, 4.69) is 25.4 Å².